The summed E-state index contributed by atoms with van der Waals surface area (Å²) in [6, 6.07) is 3.60. The Morgan fingerprint density at radius 3 is 2.38 bits per heavy atom. The Labute approximate surface area is 174 Å². The Bertz CT molecular complexity index is 819. The number of nitrogens with zero attached hydrogens (tertiary/aromatic N) is 1. The summed E-state index contributed by atoms with van der Waals surface area (Å²) in [5, 5.41) is -0.120. The predicted molar refractivity (Wildman–Crippen MR) is 98.8 cm³/mol. The second kappa shape index (κ2) is 8.89. The smallest absolute Gasteiger partial charge is 0.417 e. The third kappa shape index (κ3) is 5.82. The molecule has 0 spiro atoms. The van der Waals surface area contributed by atoms with E-state index in [0.717, 1.165) is 6.07 Å². The van der Waals surface area contributed by atoms with E-state index in [1.54, 1.807) is 0 Å². The zero-order valence-electron chi connectivity index (χ0n) is 12.4. The number of halogens is 8. The molecule has 26 heavy (non-hydrogen) atoms. The van der Waals surface area contributed by atoms with Crippen molar-refractivity contribution in [2.24, 2.45) is 0 Å². The van der Waals surface area contributed by atoms with Crippen molar-refractivity contribution in [2.75, 3.05) is 6.61 Å². The molecule has 0 aliphatic heterocycles. The Kier molecular flexibility index (Phi) is 7.33. The second-order valence-corrected chi connectivity index (χ2v) is 7.31. The van der Waals surface area contributed by atoms with E-state index in [9.17, 15) is 13.2 Å². The van der Waals surface area contributed by atoms with Gasteiger partial charge in [-0.3, -0.25) is 0 Å². The molecule has 0 fully saturated rings. The minimum absolute atomic E-state index is 0.0419. The molecule has 2 aromatic rings. The second-order valence-electron chi connectivity index (χ2n) is 4.63. The summed E-state index contributed by atoms with van der Waals surface area (Å²) in [4.78, 5) is 3.59. The van der Waals surface area contributed by atoms with Crippen molar-refractivity contribution < 1.29 is 22.6 Å². The summed E-state index contributed by atoms with van der Waals surface area (Å²) in [7, 11) is 0. The third-order valence-corrected chi connectivity index (χ3v) is 4.24. The first-order valence-corrected chi connectivity index (χ1v) is 8.92. The van der Waals surface area contributed by atoms with Crippen LogP contribution < -0.4 is 9.47 Å². The first-order chi connectivity index (χ1) is 12.1. The quantitative estimate of drug-likeness (QED) is 0.413. The highest BCUT2D eigenvalue weighted by Gasteiger charge is 2.31. The van der Waals surface area contributed by atoms with E-state index in [2.05, 4.69) is 20.9 Å². The standard InChI is InChI=1S/C15H7BrCl4F3NO2/c16-9-4-8(5-10(17)13(9)25-2-1-12(19)20)26-14-11(18)3-7(6-24-14)15(21,22)23/h1,3-6H,2H2. The van der Waals surface area contributed by atoms with Crippen molar-refractivity contribution in [1.82, 2.24) is 4.98 Å². The van der Waals surface area contributed by atoms with Crippen LogP contribution in [0.1, 0.15) is 5.56 Å². The molecule has 0 aliphatic carbocycles. The fourth-order valence-electron chi connectivity index (χ4n) is 1.69. The molecule has 0 unspecified atom stereocenters. The number of rotatable bonds is 5. The van der Waals surface area contributed by atoms with E-state index in [0.29, 0.717) is 16.4 Å². The number of hydrogen-bond acceptors (Lipinski definition) is 3. The van der Waals surface area contributed by atoms with Crippen LogP contribution in [0.3, 0.4) is 0 Å². The van der Waals surface area contributed by atoms with Crippen molar-refractivity contribution in [3.63, 3.8) is 0 Å². The van der Waals surface area contributed by atoms with Crippen molar-refractivity contribution in [2.45, 2.75) is 6.18 Å². The highest BCUT2D eigenvalue weighted by Crippen LogP contribution is 2.40. The Hall–Kier alpha value is -0.860. The SMILES string of the molecule is FC(F)(F)c1cnc(Oc2cc(Cl)c(OCC=C(Cl)Cl)c(Br)c2)c(Cl)c1. The molecule has 11 heteroatoms. The van der Waals surface area contributed by atoms with Crippen LogP contribution in [0.15, 0.2) is 39.4 Å². The molecule has 0 aliphatic rings. The van der Waals surface area contributed by atoms with Crippen LogP contribution in [0.5, 0.6) is 17.4 Å². The maximum Gasteiger partial charge on any atom is 0.417 e. The summed E-state index contributed by atoms with van der Waals surface area (Å²) >= 11 is 26.2. The van der Waals surface area contributed by atoms with E-state index in [1.165, 1.54) is 18.2 Å². The Morgan fingerprint density at radius 2 is 1.85 bits per heavy atom. The van der Waals surface area contributed by atoms with Crippen molar-refractivity contribution in [1.29, 1.82) is 0 Å². The lowest BCUT2D eigenvalue weighted by atomic mass is 10.3. The van der Waals surface area contributed by atoms with Gasteiger partial charge in [0, 0.05) is 12.3 Å². The average molecular weight is 512 g/mol. The molecule has 140 valence electrons. The third-order valence-electron chi connectivity index (χ3n) is 2.79. The lowest BCUT2D eigenvalue weighted by Crippen LogP contribution is -2.05. The molecule has 1 aromatic heterocycles. The summed E-state index contributed by atoms with van der Waals surface area (Å²) in [6.07, 6.45) is -2.51. The number of ether oxygens (including phenoxy) is 2. The van der Waals surface area contributed by atoms with Gasteiger partial charge < -0.3 is 9.47 Å². The molecule has 0 bridgehead atoms. The number of hydrogen-bond donors (Lipinski definition) is 0. The number of pyridine rings is 1. The predicted octanol–water partition coefficient (Wildman–Crippen LogP) is 7.66. The van der Waals surface area contributed by atoms with E-state index < -0.39 is 11.7 Å². The lowest BCUT2D eigenvalue weighted by molar-refractivity contribution is -0.137. The maximum absolute atomic E-state index is 12.6. The van der Waals surface area contributed by atoms with Crippen LogP contribution in [0.25, 0.3) is 0 Å². The molecule has 2 rings (SSSR count). The molecule has 1 heterocycles. The normalized spacial score (nSPS) is 11.2. The van der Waals surface area contributed by atoms with E-state index in [4.69, 9.17) is 55.9 Å². The highest BCUT2D eigenvalue weighted by molar-refractivity contribution is 9.10. The first-order valence-electron chi connectivity index (χ1n) is 6.61. The van der Waals surface area contributed by atoms with E-state index >= 15 is 0 Å². The lowest BCUT2D eigenvalue weighted by Gasteiger charge is -2.13. The van der Waals surface area contributed by atoms with Gasteiger partial charge in [-0.2, -0.15) is 13.2 Å². The summed E-state index contributed by atoms with van der Waals surface area (Å²) in [6.45, 7) is 0.0765. The van der Waals surface area contributed by atoms with Gasteiger partial charge in [-0.05, 0) is 34.1 Å². The van der Waals surface area contributed by atoms with Gasteiger partial charge in [0.05, 0.1) is 15.1 Å². The van der Waals surface area contributed by atoms with Gasteiger partial charge in [0.15, 0.2) is 5.75 Å². The van der Waals surface area contributed by atoms with Crippen molar-refractivity contribution >= 4 is 62.3 Å². The molecule has 0 saturated carbocycles. The molecule has 0 saturated heterocycles. The summed E-state index contributed by atoms with van der Waals surface area (Å²) in [5.41, 5.74) is -0.983. The highest BCUT2D eigenvalue weighted by atomic mass is 79.9. The minimum atomic E-state index is -4.55. The van der Waals surface area contributed by atoms with Gasteiger partial charge >= 0.3 is 6.18 Å². The van der Waals surface area contributed by atoms with Gasteiger partial charge in [0.2, 0.25) is 5.88 Å². The van der Waals surface area contributed by atoms with Crippen LogP contribution in [0, 0.1) is 0 Å². The Morgan fingerprint density at radius 1 is 1.15 bits per heavy atom. The molecule has 3 nitrogen and oxygen atoms in total. The largest absolute Gasteiger partial charge is 0.487 e. The zero-order valence-corrected chi connectivity index (χ0v) is 17.0. The molecular formula is C15H7BrCl4F3NO2. The number of aromatic nitrogens is 1. The van der Waals surface area contributed by atoms with E-state index in [-0.39, 0.29) is 32.8 Å². The van der Waals surface area contributed by atoms with Crippen LogP contribution in [-0.2, 0) is 6.18 Å². The molecule has 0 atom stereocenters. The fourth-order valence-corrected chi connectivity index (χ4v) is 2.95. The average Bonchev–Trinajstić information content (AvgIpc) is 2.50. The van der Waals surface area contributed by atoms with Crippen molar-refractivity contribution in [3.8, 4) is 17.4 Å². The van der Waals surface area contributed by atoms with Crippen molar-refractivity contribution in [3.05, 3.63) is 55.0 Å². The Balaban J connectivity index is 2.22. The zero-order chi connectivity index (χ0) is 19.5. The van der Waals surface area contributed by atoms with Crippen LogP contribution >= 0.6 is 62.3 Å². The minimum Gasteiger partial charge on any atom is -0.487 e. The number of benzene rings is 1. The van der Waals surface area contributed by atoms with Gasteiger partial charge in [-0.1, -0.05) is 46.4 Å². The maximum atomic E-state index is 12.6. The molecule has 1 aromatic carbocycles. The molecule has 0 N–H and O–H groups in total. The van der Waals surface area contributed by atoms with E-state index in [1.807, 2.05) is 0 Å². The topological polar surface area (TPSA) is 31.4 Å². The first kappa shape index (κ1) is 21.4. The monoisotopic (exact) mass is 509 g/mol. The number of alkyl halides is 3. The van der Waals surface area contributed by atoms with Gasteiger partial charge in [0.1, 0.15) is 21.9 Å². The molecule has 0 amide bonds. The summed E-state index contributed by atoms with van der Waals surface area (Å²) < 4.78 is 49.2. The molecule has 0 radical (unpaired) electrons. The summed E-state index contributed by atoms with van der Waals surface area (Å²) in [5.74, 6) is 0.291. The van der Waals surface area contributed by atoms with Crippen LogP contribution in [0.4, 0.5) is 13.2 Å². The fraction of sp³-hybridized carbons (Fsp3) is 0.133. The van der Waals surface area contributed by atoms with Gasteiger partial charge in [-0.15, -0.1) is 0 Å². The van der Waals surface area contributed by atoms with Gasteiger partial charge in [-0.25, -0.2) is 4.98 Å². The van der Waals surface area contributed by atoms with Crippen LogP contribution in [0.2, 0.25) is 10.0 Å². The van der Waals surface area contributed by atoms with Gasteiger partial charge in [0.25, 0.3) is 0 Å². The van der Waals surface area contributed by atoms with Crippen LogP contribution in [-0.4, -0.2) is 11.6 Å². The molecular weight excluding hydrogens is 505 g/mol.